The van der Waals surface area contributed by atoms with Crippen molar-refractivity contribution in [1.82, 2.24) is 0 Å². The molecule has 4 saturated carbocycles. The van der Waals surface area contributed by atoms with E-state index in [1.54, 1.807) is 6.92 Å². The molecule has 4 aliphatic carbocycles. The number of ketones is 2. The van der Waals surface area contributed by atoms with Gasteiger partial charge in [0, 0.05) is 30.6 Å². The Balaban J connectivity index is 1.52. The Morgan fingerprint density at radius 1 is 1.09 bits per heavy atom. The maximum Gasteiger partial charge on any atom is 0.508 e. The molecule has 0 aliphatic heterocycles. The number of carbonyl (C=O) groups is 4. The van der Waals surface area contributed by atoms with Gasteiger partial charge in [0.1, 0.15) is 17.7 Å². The number of carbonyl (C=O) groups excluding carboxylic acids is 4. The van der Waals surface area contributed by atoms with Crippen molar-refractivity contribution in [3.63, 3.8) is 0 Å². The molecule has 0 amide bonds. The first-order chi connectivity index (χ1) is 16.6. The lowest BCUT2D eigenvalue weighted by atomic mass is 9.43. The van der Waals surface area contributed by atoms with E-state index < -0.39 is 11.6 Å². The second-order valence-corrected chi connectivity index (χ2v) is 12.0. The molecule has 0 aromatic heterocycles. The fraction of sp³-hybridized carbons (Fsp3) is 0.857. The van der Waals surface area contributed by atoms with Crippen LogP contribution in [0.1, 0.15) is 85.5 Å². The molecule has 0 radical (unpaired) electrons. The lowest BCUT2D eigenvalue weighted by Gasteiger charge is -2.59. The van der Waals surface area contributed by atoms with Crippen molar-refractivity contribution < 1.29 is 33.4 Å². The molecule has 35 heavy (non-hydrogen) atoms. The molecule has 7 nitrogen and oxygen atoms in total. The van der Waals surface area contributed by atoms with Crippen LogP contribution in [-0.4, -0.2) is 43.5 Å². The summed E-state index contributed by atoms with van der Waals surface area (Å²) in [6.07, 6.45) is 5.25. The summed E-state index contributed by atoms with van der Waals surface area (Å²) in [5.74, 6) is 0.994. The molecule has 4 rings (SSSR count). The molecular formula is C28H42O7. The molecule has 0 unspecified atom stereocenters. The standard InChI is InChI=1S/C28H42O7/c1-6-34-26(32)35-18-11-12-27(3)17(13-18)14-22(29)25-20-9-8-19(16(2)7-10-24(31)33-5)28(20,4)23(30)15-21(25)27/h16-21,25H,6-15H2,1-5H3/t16-,17+,18+,19+,20-,21-,25-,27-,28+/m0/s1. The quantitative estimate of drug-likeness (QED) is 0.476. The van der Waals surface area contributed by atoms with Crippen LogP contribution in [0.4, 0.5) is 4.79 Å². The third-order valence-corrected chi connectivity index (χ3v) is 10.6. The normalized spacial score (nSPS) is 41.3. The fourth-order valence-corrected chi connectivity index (χ4v) is 8.60. The third-order valence-electron chi connectivity index (χ3n) is 10.6. The van der Waals surface area contributed by atoms with E-state index >= 15 is 0 Å². The van der Waals surface area contributed by atoms with Crippen LogP contribution in [-0.2, 0) is 28.6 Å². The first kappa shape index (κ1) is 26.2. The second-order valence-electron chi connectivity index (χ2n) is 12.0. The van der Waals surface area contributed by atoms with E-state index in [1.165, 1.54) is 7.11 Å². The summed E-state index contributed by atoms with van der Waals surface area (Å²) in [6.45, 7) is 8.55. The number of hydrogen-bond donors (Lipinski definition) is 0. The molecule has 0 saturated heterocycles. The zero-order valence-electron chi connectivity index (χ0n) is 22.0. The highest BCUT2D eigenvalue weighted by Crippen LogP contribution is 2.66. The lowest BCUT2D eigenvalue weighted by molar-refractivity contribution is -0.169. The van der Waals surface area contributed by atoms with Gasteiger partial charge >= 0.3 is 12.1 Å². The molecule has 196 valence electrons. The van der Waals surface area contributed by atoms with Gasteiger partial charge in [0.05, 0.1) is 13.7 Å². The van der Waals surface area contributed by atoms with E-state index in [-0.39, 0.29) is 59.6 Å². The predicted molar refractivity (Wildman–Crippen MR) is 128 cm³/mol. The van der Waals surface area contributed by atoms with E-state index in [1.807, 2.05) is 0 Å². The second kappa shape index (κ2) is 9.85. The number of ether oxygens (including phenoxy) is 3. The van der Waals surface area contributed by atoms with E-state index in [2.05, 4.69) is 20.8 Å². The van der Waals surface area contributed by atoms with Gasteiger partial charge in [-0.05, 0) is 80.5 Å². The van der Waals surface area contributed by atoms with Crippen molar-refractivity contribution in [3.05, 3.63) is 0 Å². The van der Waals surface area contributed by atoms with Crippen LogP contribution in [0.25, 0.3) is 0 Å². The van der Waals surface area contributed by atoms with Crippen molar-refractivity contribution >= 4 is 23.7 Å². The smallest absolute Gasteiger partial charge is 0.469 e. The highest BCUT2D eigenvalue weighted by Gasteiger charge is 2.66. The van der Waals surface area contributed by atoms with Crippen molar-refractivity contribution in [2.75, 3.05) is 13.7 Å². The van der Waals surface area contributed by atoms with Crippen LogP contribution in [0.3, 0.4) is 0 Å². The number of esters is 1. The minimum atomic E-state index is -0.636. The molecule has 0 aromatic carbocycles. The molecule has 0 spiro atoms. The minimum Gasteiger partial charge on any atom is -0.469 e. The molecule has 0 bridgehead atoms. The van der Waals surface area contributed by atoms with Gasteiger partial charge in [-0.2, -0.15) is 0 Å². The average molecular weight is 491 g/mol. The number of methoxy groups -OCH3 is 1. The van der Waals surface area contributed by atoms with E-state index in [0.717, 1.165) is 25.7 Å². The number of hydrogen-bond acceptors (Lipinski definition) is 7. The van der Waals surface area contributed by atoms with Gasteiger partial charge in [0.2, 0.25) is 0 Å². The monoisotopic (exact) mass is 490 g/mol. The molecule has 9 atom stereocenters. The van der Waals surface area contributed by atoms with Gasteiger partial charge in [-0.15, -0.1) is 0 Å². The van der Waals surface area contributed by atoms with Gasteiger partial charge < -0.3 is 14.2 Å². The Hall–Kier alpha value is -1.92. The zero-order chi connectivity index (χ0) is 25.5. The summed E-state index contributed by atoms with van der Waals surface area (Å²) in [6, 6.07) is 0. The molecule has 7 heteroatoms. The first-order valence-electron chi connectivity index (χ1n) is 13.5. The molecular weight excluding hydrogens is 448 g/mol. The summed E-state index contributed by atoms with van der Waals surface area (Å²) >= 11 is 0. The van der Waals surface area contributed by atoms with Gasteiger partial charge in [0.15, 0.2) is 0 Å². The molecule has 4 aliphatic rings. The van der Waals surface area contributed by atoms with Crippen molar-refractivity contribution in [3.8, 4) is 0 Å². The van der Waals surface area contributed by atoms with Gasteiger partial charge in [-0.3, -0.25) is 14.4 Å². The minimum absolute atomic E-state index is 0.0620. The predicted octanol–water partition coefficient (Wildman–Crippen LogP) is 5.13. The maximum absolute atomic E-state index is 13.9. The van der Waals surface area contributed by atoms with Crippen LogP contribution in [0, 0.1) is 46.3 Å². The maximum atomic E-state index is 13.9. The SMILES string of the molecule is CCOC(=O)O[C@@H]1CC[C@@]2(C)[C@@H](CC(=O)[C@@H]3[C@@H]2CC(=O)[C@]2(C)[C@@H]([C@@H](C)CCC(=O)OC)CC[C@@H]32)C1. The Labute approximate surface area is 209 Å². The van der Waals surface area contributed by atoms with E-state index in [4.69, 9.17) is 14.2 Å². The summed E-state index contributed by atoms with van der Waals surface area (Å²) < 4.78 is 15.3. The van der Waals surface area contributed by atoms with Gasteiger partial charge in [0.25, 0.3) is 0 Å². The topological polar surface area (TPSA) is 96.0 Å². The molecule has 4 fully saturated rings. The summed E-state index contributed by atoms with van der Waals surface area (Å²) in [5, 5.41) is 0. The Bertz CT molecular complexity index is 867. The summed E-state index contributed by atoms with van der Waals surface area (Å²) in [7, 11) is 1.41. The highest BCUT2D eigenvalue weighted by atomic mass is 16.7. The van der Waals surface area contributed by atoms with Crippen LogP contribution < -0.4 is 0 Å². The molecule has 0 aromatic rings. The number of fused-ring (bicyclic) bond motifs is 5. The summed E-state index contributed by atoms with van der Waals surface area (Å²) in [4.78, 5) is 51.1. The van der Waals surface area contributed by atoms with Crippen molar-refractivity contribution in [2.24, 2.45) is 46.3 Å². The van der Waals surface area contributed by atoms with Crippen molar-refractivity contribution in [1.29, 1.82) is 0 Å². The van der Waals surface area contributed by atoms with E-state index in [9.17, 15) is 19.2 Å². The van der Waals surface area contributed by atoms with Crippen LogP contribution >= 0.6 is 0 Å². The number of rotatable bonds is 6. The Morgan fingerprint density at radius 3 is 2.51 bits per heavy atom. The van der Waals surface area contributed by atoms with Crippen molar-refractivity contribution in [2.45, 2.75) is 91.6 Å². The van der Waals surface area contributed by atoms with Crippen LogP contribution in [0.5, 0.6) is 0 Å². The van der Waals surface area contributed by atoms with Gasteiger partial charge in [-0.1, -0.05) is 20.8 Å². The average Bonchev–Trinajstić information content (AvgIpc) is 3.17. The van der Waals surface area contributed by atoms with Crippen LogP contribution in [0.2, 0.25) is 0 Å². The Morgan fingerprint density at radius 2 is 1.83 bits per heavy atom. The molecule has 0 heterocycles. The van der Waals surface area contributed by atoms with E-state index in [0.29, 0.717) is 43.7 Å². The van der Waals surface area contributed by atoms with Gasteiger partial charge in [-0.25, -0.2) is 4.79 Å². The Kier molecular flexibility index (Phi) is 7.36. The zero-order valence-corrected chi connectivity index (χ0v) is 22.0. The largest absolute Gasteiger partial charge is 0.508 e. The lowest BCUT2D eigenvalue weighted by Crippen LogP contribution is -2.60. The first-order valence-corrected chi connectivity index (χ1v) is 13.5. The number of Topliss-reactive ketones (excluding diaryl/α,β-unsaturated/α-hetero) is 2. The fourth-order valence-electron chi connectivity index (χ4n) is 8.60. The third kappa shape index (κ3) is 4.42. The molecule has 0 N–H and O–H groups in total. The van der Waals surface area contributed by atoms with Crippen LogP contribution in [0.15, 0.2) is 0 Å². The highest BCUT2D eigenvalue weighted by molar-refractivity contribution is 5.92. The summed E-state index contributed by atoms with van der Waals surface area (Å²) in [5.41, 5.74) is -0.599.